The quantitative estimate of drug-likeness (QED) is 0.428. The molecule has 0 spiro atoms. The van der Waals surface area contributed by atoms with Crippen molar-refractivity contribution < 1.29 is 9.53 Å². The second-order valence-corrected chi connectivity index (χ2v) is 4.86. The van der Waals surface area contributed by atoms with Crippen molar-refractivity contribution in [3.8, 4) is 0 Å². The van der Waals surface area contributed by atoms with Gasteiger partial charge in [-0.2, -0.15) is 0 Å². The topological polar surface area (TPSA) is 38.3 Å². The number of nitrogens with one attached hydrogen (secondary N) is 1. The lowest BCUT2D eigenvalue weighted by molar-refractivity contribution is -0.143. The minimum absolute atomic E-state index is 0.0698. The number of ether oxygens (including phenoxy) is 1. The van der Waals surface area contributed by atoms with E-state index in [1.807, 2.05) is 6.92 Å². The van der Waals surface area contributed by atoms with Crippen molar-refractivity contribution in [1.29, 1.82) is 0 Å². The summed E-state index contributed by atoms with van der Waals surface area (Å²) >= 11 is 0. The van der Waals surface area contributed by atoms with Crippen molar-refractivity contribution in [2.24, 2.45) is 0 Å². The fourth-order valence-corrected chi connectivity index (χ4v) is 2.04. The number of carbonyl (C=O) groups excluding carboxylic acids is 1. The number of hydrogen-bond donors (Lipinski definition) is 1. The average Bonchev–Trinajstić information content (AvgIpc) is 2.35. The predicted octanol–water partition coefficient (Wildman–Crippen LogP) is 3.67. The van der Waals surface area contributed by atoms with Gasteiger partial charge in [-0.05, 0) is 26.3 Å². The number of hydrogen-bond acceptors (Lipinski definition) is 3. The zero-order valence-corrected chi connectivity index (χ0v) is 12.5. The van der Waals surface area contributed by atoms with Crippen LogP contribution in [-0.4, -0.2) is 25.2 Å². The Morgan fingerprint density at radius 3 is 2.39 bits per heavy atom. The normalized spacial score (nSPS) is 12.4. The van der Waals surface area contributed by atoms with E-state index < -0.39 is 0 Å². The standard InChI is InChI=1S/C15H31NO2/c1-4-7-8-9-10-11-14(16-12-5-2)13-15(17)18-6-3/h14,16H,4-13H2,1-3H3. The van der Waals surface area contributed by atoms with E-state index in [1.165, 1.54) is 32.1 Å². The molecule has 0 rings (SSSR count). The Morgan fingerprint density at radius 1 is 1.06 bits per heavy atom. The molecule has 0 aliphatic heterocycles. The summed E-state index contributed by atoms with van der Waals surface area (Å²) in [5.74, 6) is -0.0698. The lowest BCUT2D eigenvalue weighted by atomic mass is 10.0. The SMILES string of the molecule is CCCCCCCC(CC(=O)OCC)NCCC. The maximum absolute atomic E-state index is 11.5. The Balaban J connectivity index is 3.79. The van der Waals surface area contributed by atoms with E-state index in [2.05, 4.69) is 19.2 Å². The highest BCUT2D eigenvalue weighted by atomic mass is 16.5. The molecule has 0 aromatic carbocycles. The third-order valence-electron chi connectivity index (χ3n) is 3.06. The van der Waals surface area contributed by atoms with Gasteiger partial charge < -0.3 is 10.1 Å². The molecule has 108 valence electrons. The van der Waals surface area contributed by atoms with Crippen LogP contribution < -0.4 is 5.32 Å². The first kappa shape index (κ1) is 17.4. The zero-order chi connectivity index (χ0) is 13.6. The summed E-state index contributed by atoms with van der Waals surface area (Å²) in [6.07, 6.45) is 9.11. The van der Waals surface area contributed by atoms with Crippen LogP contribution >= 0.6 is 0 Å². The molecule has 0 heterocycles. The lowest BCUT2D eigenvalue weighted by Crippen LogP contribution is -2.32. The van der Waals surface area contributed by atoms with Crippen LogP contribution in [0.5, 0.6) is 0 Å². The molecule has 0 radical (unpaired) electrons. The van der Waals surface area contributed by atoms with Gasteiger partial charge in [0.15, 0.2) is 0 Å². The molecule has 1 unspecified atom stereocenters. The number of rotatable bonds is 12. The van der Waals surface area contributed by atoms with E-state index in [0.29, 0.717) is 19.1 Å². The van der Waals surface area contributed by atoms with Gasteiger partial charge in [0.25, 0.3) is 0 Å². The first-order chi connectivity index (χ1) is 8.74. The van der Waals surface area contributed by atoms with Crippen LogP contribution in [0.15, 0.2) is 0 Å². The van der Waals surface area contributed by atoms with Gasteiger partial charge in [0.2, 0.25) is 0 Å². The van der Waals surface area contributed by atoms with Crippen molar-refractivity contribution in [1.82, 2.24) is 5.32 Å². The van der Waals surface area contributed by atoms with Crippen molar-refractivity contribution in [2.45, 2.75) is 78.2 Å². The highest BCUT2D eigenvalue weighted by molar-refractivity contribution is 5.70. The fraction of sp³-hybridized carbons (Fsp3) is 0.933. The second-order valence-electron chi connectivity index (χ2n) is 4.86. The molecular weight excluding hydrogens is 226 g/mol. The first-order valence-electron chi connectivity index (χ1n) is 7.63. The molecule has 0 fully saturated rings. The fourth-order valence-electron chi connectivity index (χ4n) is 2.04. The Labute approximate surface area is 113 Å². The van der Waals surface area contributed by atoms with Crippen LogP contribution in [0.25, 0.3) is 0 Å². The largest absolute Gasteiger partial charge is 0.466 e. The molecule has 0 amide bonds. The molecule has 3 heteroatoms. The summed E-state index contributed by atoms with van der Waals surface area (Å²) in [7, 11) is 0. The van der Waals surface area contributed by atoms with E-state index in [9.17, 15) is 4.79 Å². The molecule has 0 aliphatic carbocycles. The van der Waals surface area contributed by atoms with Crippen LogP contribution in [0.4, 0.5) is 0 Å². The number of unbranched alkanes of at least 4 members (excludes halogenated alkanes) is 4. The molecule has 1 N–H and O–H groups in total. The molecule has 0 saturated carbocycles. The summed E-state index contributed by atoms with van der Waals surface area (Å²) in [6.45, 7) is 7.70. The van der Waals surface area contributed by atoms with Crippen LogP contribution in [0.3, 0.4) is 0 Å². The van der Waals surface area contributed by atoms with E-state index >= 15 is 0 Å². The summed E-state index contributed by atoms with van der Waals surface area (Å²) in [5, 5.41) is 3.45. The van der Waals surface area contributed by atoms with Crippen molar-refractivity contribution in [3.63, 3.8) is 0 Å². The van der Waals surface area contributed by atoms with E-state index in [0.717, 1.165) is 19.4 Å². The van der Waals surface area contributed by atoms with Gasteiger partial charge in [0.05, 0.1) is 13.0 Å². The average molecular weight is 257 g/mol. The molecular formula is C15H31NO2. The Hall–Kier alpha value is -0.570. The van der Waals surface area contributed by atoms with Crippen molar-refractivity contribution in [3.05, 3.63) is 0 Å². The van der Waals surface area contributed by atoms with Crippen LogP contribution in [-0.2, 0) is 9.53 Å². The molecule has 1 atom stereocenters. The first-order valence-corrected chi connectivity index (χ1v) is 7.63. The van der Waals surface area contributed by atoms with Gasteiger partial charge in [0.1, 0.15) is 0 Å². The monoisotopic (exact) mass is 257 g/mol. The van der Waals surface area contributed by atoms with Gasteiger partial charge in [-0.3, -0.25) is 4.79 Å². The summed E-state index contributed by atoms with van der Waals surface area (Å²) in [5.41, 5.74) is 0. The van der Waals surface area contributed by atoms with Crippen LogP contribution in [0.1, 0.15) is 72.1 Å². The number of carbonyl (C=O) groups is 1. The van der Waals surface area contributed by atoms with Crippen LogP contribution in [0.2, 0.25) is 0 Å². The van der Waals surface area contributed by atoms with Crippen LogP contribution in [0, 0.1) is 0 Å². The molecule has 0 bridgehead atoms. The third-order valence-corrected chi connectivity index (χ3v) is 3.06. The summed E-state index contributed by atoms with van der Waals surface area (Å²) < 4.78 is 5.02. The molecule has 0 aliphatic rings. The molecule has 3 nitrogen and oxygen atoms in total. The van der Waals surface area contributed by atoms with E-state index in [4.69, 9.17) is 4.74 Å². The maximum atomic E-state index is 11.5. The second kappa shape index (κ2) is 12.9. The summed E-state index contributed by atoms with van der Waals surface area (Å²) in [6, 6.07) is 0.297. The van der Waals surface area contributed by atoms with Gasteiger partial charge >= 0.3 is 5.97 Å². The molecule has 0 aromatic rings. The van der Waals surface area contributed by atoms with Crippen molar-refractivity contribution >= 4 is 5.97 Å². The Morgan fingerprint density at radius 2 is 1.78 bits per heavy atom. The van der Waals surface area contributed by atoms with Crippen molar-refractivity contribution in [2.75, 3.05) is 13.2 Å². The zero-order valence-electron chi connectivity index (χ0n) is 12.5. The van der Waals surface area contributed by atoms with Gasteiger partial charge in [-0.15, -0.1) is 0 Å². The Kier molecular flexibility index (Phi) is 12.5. The highest BCUT2D eigenvalue weighted by Gasteiger charge is 2.13. The van der Waals surface area contributed by atoms with Gasteiger partial charge in [-0.25, -0.2) is 0 Å². The lowest BCUT2D eigenvalue weighted by Gasteiger charge is -2.17. The molecule has 0 aromatic heterocycles. The predicted molar refractivity (Wildman–Crippen MR) is 76.7 cm³/mol. The maximum Gasteiger partial charge on any atom is 0.307 e. The number of esters is 1. The third kappa shape index (κ3) is 10.6. The summed E-state index contributed by atoms with van der Waals surface area (Å²) in [4.78, 5) is 11.5. The molecule has 0 saturated heterocycles. The highest BCUT2D eigenvalue weighted by Crippen LogP contribution is 2.10. The van der Waals surface area contributed by atoms with E-state index in [1.54, 1.807) is 0 Å². The van der Waals surface area contributed by atoms with Gasteiger partial charge in [0, 0.05) is 6.04 Å². The molecule has 18 heavy (non-hydrogen) atoms. The van der Waals surface area contributed by atoms with Gasteiger partial charge in [-0.1, -0.05) is 46.0 Å². The Bertz CT molecular complexity index is 195. The minimum Gasteiger partial charge on any atom is -0.466 e. The minimum atomic E-state index is -0.0698. The van der Waals surface area contributed by atoms with E-state index in [-0.39, 0.29) is 5.97 Å². The smallest absolute Gasteiger partial charge is 0.307 e.